The second-order valence-corrected chi connectivity index (χ2v) is 11.4. The van der Waals surface area contributed by atoms with Crippen LogP contribution in [0, 0.1) is 27.7 Å². The second-order valence-electron chi connectivity index (χ2n) is 11.4. The molecule has 0 bridgehead atoms. The first kappa shape index (κ1) is 30.4. The minimum atomic E-state index is 0.646. The van der Waals surface area contributed by atoms with Crippen LogP contribution in [0.4, 0.5) is 11.4 Å². The van der Waals surface area contributed by atoms with Gasteiger partial charge in [-0.3, -0.25) is 29.9 Å². The molecule has 0 N–H and O–H groups in total. The van der Waals surface area contributed by atoms with Gasteiger partial charge in [0.05, 0.1) is 34.2 Å². The fourth-order valence-corrected chi connectivity index (χ4v) is 5.61. The molecule has 6 aromatic rings. The average Bonchev–Trinajstić information content (AvgIpc) is 3.08. The second kappa shape index (κ2) is 14.0. The molecule has 6 rings (SSSR count). The molecule has 0 unspecified atom stereocenters. The fraction of sp³-hybridized carbons (Fsp3) is 0.150. The summed E-state index contributed by atoms with van der Waals surface area (Å²) in [5.41, 5.74) is 14.3. The summed E-state index contributed by atoms with van der Waals surface area (Å²) in [6, 6.07) is 32.7. The van der Waals surface area contributed by atoms with Gasteiger partial charge in [-0.25, -0.2) is 0 Å². The highest BCUT2D eigenvalue weighted by Gasteiger charge is 2.10. The molecular formula is C40H36N6. The normalized spacial score (nSPS) is 11.5. The van der Waals surface area contributed by atoms with Gasteiger partial charge in [-0.05, 0) is 134 Å². The predicted molar refractivity (Wildman–Crippen MR) is 189 cm³/mol. The molecule has 0 fully saturated rings. The third-order valence-corrected chi connectivity index (χ3v) is 7.83. The summed E-state index contributed by atoms with van der Waals surface area (Å²) in [5, 5.41) is 0. The molecule has 0 amide bonds. The first-order chi connectivity index (χ1) is 22.4. The molecule has 2 aromatic carbocycles. The lowest BCUT2D eigenvalue weighted by Crippen LogP contribution is -1.95. The Kier molecular flexibility index (Phi) is 9.25. The van der Waals surface area contributed by atoms with Crippen molar-refractivity contribution in [3.05, 3.63) is 143 Å². The Balaban J connectivity index is 1.15. The molecule has 0 saturated carbocycles. The zero-order valence-corrected chi connectivity index (χ0v) is 26.6. The highest BCUT2D eigenvalue weighted by molar-refractivity contribution is 5.77. The van der Waals surface area contributed by atoms with E-state index in [2.05, 4.69) is 61.9 Å². The molecule has 0 spiro atoms. The quantitative estimate of drug-likeness (QED) is 0.155. The van der Waals surface area contributed by atoms with Gasteiger partial charge in [0, 0.05) is 49.1 Å². The first-order valence-corrected chi connectivity index (χ1v) is 15.5. The highest BCUT2D eigenvalue weighted by Crippen LogP contribution is 2.34. The fourth-order valence-electron chi connectivity index (χ4n) is 5.61. The third-order valence-electron chi connectivity index (χ3n) is 7.83. The number of rotatable bonds is 9. The minimum absolute atomic E-state index is 0.646. The van der Waals surface area contributed by atoms with Crippen molar-refractivity contribution in [1.29, 1.82) is 0 Å². The van der Waals surface area contributed by atoms with Gasteiger partial charge in [0.2, 0.25) is 0 Å². The van der Waals surface area contributed by atoms with Crippen molar-refractivity contribution >= 4 is 23.8 Å². The van der Waals surface area contributed by atoms with E-state index >= 15 is 0 Å². The maximum Gasteiger partial charge on any atom is 0.0889 e. The van der Waals surface area contributed by atoms with E-state index in [4.69, 9.17) is 20.0 Å². The molecule has 0 aliphatic heterocycles. The van der Waals surface area contributed by atoms with Gasteiger partial charge in [0.1, 0.15) is 0 Å². The molecular weight excluding hydrogens is 564 g/mol. The Labute approximate surface area is 270 Å². The summed E-state index contributed by atoms with van der Waals surface area (Å²) in [6.45, 7) is 8.49. The van der Waals surface area contributed by atoms with Crippen LogP contribution >= 0.6 is 0 Å². The SMILES string of the molecule is Cc1cc(-c2cc(C)c(N=CCc3cccc(-c4ccccn4)n3)c(C)c2)cc(C)c1N=CCc1cccc(-c2ccccn2)n1. The Hall–Kier alpha value is -5.62. The number of nitrogens with zero attached hydrogens (tertiary/aromatic N) is 6. The Morgan fingerprint density at radius 1 is 0.478 bits per heavy atom. The van der Waals surface area contributed by atoms with E-state index in [0.717, 1.165) is 67.8 Å². The Morgan fingerprint density at radius 2 is 0.870 bits per heavy atom. The van der Waals surface area contributed by atoms with E-state index in [9.17, 15) is 0 Å². The number of aryl methyl sites for hydroxylation is 4. The van der Waals surface area contributed by atoms with Crippen molar-refractivity contribution < 1.29 is 0 Å². The summed E-state index contributed by atoms with van der Waals surface area (Å²) in [7, 11) is 0. The van der Waals surface area contributed by atoms with Crippen LogP contribution in [-0.4, -0.2) is 32.4 Å². The summed E-state index contributed by atoms with van der Waals surface area (Å²) >= 11 is 0. The lowest BCUT2D eigenvalue weighted by Gasteiger charge is -2.13. The molecule has 4 aromatic heterocycles. The summed E-state index contributed by atoms with van der Waals surface area (Å²) < 4.78 is 0. The van der Waals surface area contributed by atoms with Crippen LogP contribution in [0.1, 0.15) is 33.6 Å². The predicted octanol–water partition coefficient (Wildman–Crippen LogP) is 9.39. The van der Waals surface area contributed by atoms with Crippen molar-refractivity contribution in [3.8, 4) is 33.9 Å². The van der Waals surface area contributed by atoms with Gasteiger partial charge in [-0.2, -0.15) is 0 Å². The van der Waals surface area contributed by atoms with Crippen LogP contribution < -0.4 is 0 Å². The van der Waals surface area contributed by atoms with Crippen LogP contribution in [0.2, 0.25) is 0 Å². The molecule has 46 heavy (non-hydrogen) atoms. The summed E-state index contributed by atoms with van der Waals surface area (Å²) in [4.78, 5) is 28.1. The summed E-state index contributed by atoms with van der Waals surface area (Å²) in [6.07, 6.45) is 8.77. The summed E-state index contributed by atoms with van der Waals surface area (Å²) in [5.74, 6) is 0. The van der Waals surface area contributed by atoms with Crippen molar-refractivity contribution in [2.45, 2.75) is 40.5 Å². The Bertz CT molecular complexity index is 1840. The smallest absolute Gasteiger partial charge is 0.0889 e. The van der Waals surface area contributed by atoms with Crippen molar-refractivity contribution in [1.82, 2.24) is 19.9 Å². The molecule has 4 heterocycles. The largest absolute Gasteiger partial charge is 0.260 e. The standard InChI is InChI=1S/C40H36N6/c1-27-23-31(24-28(2)39(27)43-21-17-33-11-9-15-37(45-33)35-13-5-7-19-41-35)32-25-29(3)40(30(4)26-32)44-22-18-34-12-10-16-38(46-34)36-14-6-8-20-42-36/h5-16,19-26H,17-18H2,1-4H3. The molecule has 226 valence electrons. The Morgan fingerprint density at radius 3 is 1.24 bits per heavy atom. The van der Waals surface area contributed by atoms with Gasteiger partial charge >= 0.3 is 0 Å². The minimum Gasteiger partial charge on any atom is -0.260 e. The van der Waals surface area contributed by atoms with Gasteiger partial charge in [-0.1, -0.05) is 24.3 Å². The molecule has 0 aliphatic carbocycles. The van der Waals surface area contributed by atoms with Gasteiger partial charge in [-0.15, -0.1) is 0 Å². The first-order valence-electron chi connectivity index (χ1n) is 15.5. The van der Waals surface area contributed by atoms with Crippen LogP contribution in [0.25, 0.3) is 33.9 Å². The van der Waals surface area contributed by atoms with E-state index in [0.29, 0.717) is 12.8 Å². The monoisotopic (exact) mass is 600 g/mol. The molecule has 0 atom stereocenters. The van der Waals surface area contributed by atoms with Crippen LogP contribution in [0.5, 0.6) is 0 Å². The van der Waals surface area contributed by atoms with E-state index in [1.54, 1.807) is 12.4 Å². The number of hydrogen-bond acceptors (Lipinski definition) is 6. The molecule has 0 radical (unpaired) electrons. The number of hydrogen-bond donors (Lipinski definition) is 0. The van der Waals surface area contributed by atoms with Crippen molar-refractivity contribution in [3.63, 3.8) is 0 Å². The number of aliphatic imine (C=N–C) groups is 2. The van der Waals surface area contributed by atoms with Gasteiger partial charge in [0.15, 0.2) is 0 Å². The van der Waals surface area contributed by atoms with Crippen LogP contribution in [-0.2, 0) is 12.8 Å². The zero-order chi connectivity index (χ0) is 31.9. The van der Waals surface area contributed by atoms with E-state index < -0.39 is 0 Å². The zero-order valence-electron chi connectivity index (χ0n) is 26.6. The molecule has 6 nitrogen and oxygen atoms in total. The van der Waals surface area contributed by atoms with Crippen LogP contribution in [0.15, 0.2) is 119 Å². The van der Waals surface area contributed by atoms with E-state index in [1.165, 1.54) is 11.1 Å². The van der Waals surface area contributed by atoms with Crippen molar-refractivity contribution in [2.24, 2.45) is 9.98 Å². The molecule has 0 saturated heterocycles. The molecule has 6 heteroatoms. The van der Waals surface area contributed by atoms with E-state index in [1.807, 2.05) is 85.2 Å². The number of pyridine rings is 4. The number of benzene rings is 2. The maximum atomic E-state index is 4.86. The third kappa shape index (κ3) is 7.19. The van der Waals surface area contributed by atoms with Gasteiger partial charge < -0.3 is 0 Å². The average molecular weight is 601 g/mol. The van der Waals surface area contributed by atoms with Crippen LogP contribution in [0.3, 0.4) is 0 Å². The number of aromatic nitrogens is 4. The molecule has 0 aliphatic rings. The highest BCUT2D eigenvalue weighted by atomic mass is 14.8. The van der Waals surface area contributed by atoms with E-state index in [-0.39, 0.29) is 0 Å². The maximum absolute atomic E-state index is 4.86. The lowest BCUT2D eigenvalue weighted by molar-refractivity contribution is 1.14. The van der Waals surface area contributed by atoms with Gasteiger partial charge in [0.25, 0.3) is 0 Å². The lowest BCUT2D eigenvalue weighted by atomic mass is 9.95. The van der Waals surface area contributed by atoms with Crippen molar-refractivity contribution in [2.75, 3.05) is 0 Å². The topological polar surface area (TPSA) is 76.3 Å².